The number of hydrogen-bond donors (Lipinski definition) is 0. The first-order chi connectivity index (χ1) is 14.2. The maximum Gasteiger partial charge on any atom is 0.196 e. The molecule has 0 spiro atoms. The van der Waals surface area contributed by atoms with Crippen molar-refractivity contribution in [3.05, 3.63) is 53.6 Å². The SMILES string of the molecule is Cc1ccc(OC2=CC=C(N3CCOCC3)CN2[C@@H]2C3CCN(CC3)[C@H]2C)cc1. The number of piperidine rings is 3. The Labute approximate surface area is 174 Å². The number of benzene rings is 1. The molecule has 5 aliphatic rings. The van der Waals surface area contributed by atoms with Crippen molar-refractivity contribution < 1.29 is 9.47 Å². The topological polar surface area (TPSA) is 28.2 Å². The number of aryl methyl sites for hydroxylation is 1. The van der Waals surface area contributed by atoms with Gasteiger partial charge in [-0.3, -0.25) is 4.90 Å². The lowest BCUT2D eigenvalue weighted by Gasteiger charge is -2.55. The van der Waals surface area contributed by atoms with Gasteiger partial charge < -0.3 is 19.3 Å². The molecule has 0 radical (unpaired) electrons. The molecule has 0 aliphatic carbocycles. The molecule has 5 heterocycles. The minimum atomic E-state index is 0.513. The second-order valence-electron chi connectivity index (χ2n) is 8.91. The lowest BCUT2D eigenvalue weighted by molar-refractivity contribution is -0.0382. The van der Waals surface area contributed by atoms with Gasteiger partial charge in [-0.1, -0.05) is 17.7 Å². The van der Waals surface area contributed by atoms with Crippen molar-refractivity contribution in [1.29, 1.82) is 0 Å². The van der Waals surface area contributed by atoms with Gasteiger partial charge in [-0.25, -0.2) is 0 Å². The van der Waals surface area contributed by atoms with Crippen LogP contribution < -0.4 is 4.74 Å². The second kappa shape index (κ2) is 8.04. The van der Waals surface area contributed by atoms with Crippen LogP contribution in [0.5, 0.6) is 5.75 Å². The van der Waals surface area contributed by atoms with E-state index in [1.54, 1.807) is 0 Å². The highest BCUT2D eigenvalue weighted by atomic mass is 16.5. The van der Waals surface area contributed by atoms with Gasteiger partial charge in [0, 0.05) is 30.9 Å². The molecular formula is C24H33N3O2. The third-order valence-electron chi connectivity index (χ3n) is 7.18. The Bertz CT molecular complexity index is 772. The fourth-order valence-corrected chi connectivity index (χ4v) is 5.49. The molecule has 0 unspecified atom stereocenters. The highest BCUT2D eigenvalue weighted by Gasteiger charge is 2.44. The molecule has 5 aliphatic heterocycles. The van der Waals surface area contributed by atoms with Crippen LogP contribution in [0.3, 0.4) is 0 Å². The molecule has 6 rings (SSSR count). The molecule has 1 aromatic rings. The van der Waals surface area contributed by atoms with E-state index in [2.05, 4.69) is 65.0 Å². The summed E-state index contributed by atoms with van der Waals surface area (Å²) in [7, 11) is 0. The Morgan fingerprint density at radius 1 is 0.966 bits per heavy atom. The zero-order valence-corrected chi connectivity index (χ0v) is 17.7. The van der Waals surface area contributed by atoms with Crippen LogP contribution in [0.15, 0.2) is 48.0 Å². The second-order valence-corrected chi connectivity index (χ2v) is 8.91. The van der Waals surface area contributed by atoms with E-state index in [1.807, 2.05) is 0 Å². The van der Waals surface area contributed by atoms with E-state index >= 15 is 0 Å². The molecule has 5 heteroatoms. The van der Waals surface area contributed by atoms with Gasteiger partial charge in [0.25, 0.3) is 0 Å². The molecule has 0 aromatic heterocycles. The van der Waals surface area contributed by atoms with Crippen LogP contribution in [0.25, 0.3) is 0 Å². The molecule has 156 valence electrons. The fraction of sp³-hybridized carbons (Fsp3) is 0.583. The van der Waals surface area contributed by atoms with Crippen molar-refractivity contribution in [3.63, 3.8) is 0 Å². The van der Waals surface area contributed by atoms with E-state index < -0.39 is 0 Å². The Morgan fingerprint density at radius 2 is 1.69 bits per heavy atom. The summed E-state index contributed by atoms with van der Waals surface area (Å²) in [6.45, 7) is 11.6. The number of fused-ring (bicyclic) bond motifs is 3. The first-order valence-corrected chi connectivity index (χ1v) is 11.2. The summed E-state index contributed by atoms with van der Waals surface area (Å²) in [5, 5.41) is 0. The van der Waals surface area contributed by atoms with Crippen molar-refractivity contribution in [3.8, 4) is 5.75 Å². The number of ether oxygens (including phenoxy) is 2. The van der Waals surface area contributed by atoms with Gasteiger partial charge in [-0.2, -0.15) is 0 Å². The first-order valence-electron chi connectivity index (χ1n) is 11.2. The Kier molecular flexibility index (Phi) is 5.27. The molecule has 29 heavy (non-hydrogen) atoms. The third kappa shape index (κ3) is 3.78. The van der Waals surface area contributed by atoms with E-state index in [0.717, 1.165) is 50.4 Å². The molecule has 0 amide bonds. The van der Waals surface area contributed by atoms with Crippen molar-refractivity contribution in [1.82, 2.24) is 14.7 Å². The summed E-state index contributed by atoms with van der Waals surface area (Å²) >= 11 is 0. The number of morpholine rings is 1. The molecule has 2 bridgehead atoms. The zero-order valence-electron chi connectivity index (χ0n) is 17.7. The summed E-state index contributed by atoms with van der Waals surface area (Å²) in [6.07, 6.45) is 7.07. The van der Waals surface area contributed by atoms with Gasteiger partial charge in [0.05, 0.1) is 25.8 Å². The first kappa shape index (κ1) is 19.0. The van der Waals surface area contributed by atoms with E-state index in [4.69, 9.17) is 9.47 Å². The summed E-state index contributed by atoms with van der Waals surface area (Å²) in [6, 6.07) is 9.48. The van der Waals surface area contributed by atoms with Crippen molar-refractivity contribution in [2.24, 2.45) is 5.92 Å². The van der Waals surface area contributed by atoms with Crippen LogP contribution in [0.4, 0.5) is 0 Å². The standard InChI is InChI=1S/C24H33N3O2/c1-18-3-6-22(7-4-18)29-23-8-5-21(26-13-15-28-16-14-26)17-27(23)24-19(2)25-11-9-20(24)10-12-25/h3-8,19-20,24H,9-17H2,1-2H3/t19-,24-/m0/s1. The van der Waals surface area contributed by atoms with Crippen LogP contribution in [-0.4, -0.2) is 72.7 Å². The van der Waals surface area contributed by atoms with E-state index in [-0.39, 0.29) is 0 Å². The maximum absolute atomic E-state index is 6.45. The maximum atomic E-state index is 6.45. The van der Waals surface area contributed by atoms with Gasteiger partial charge in [-0.05, 0) is 63.9 Å². The van der Waals surface area contributed by atoms with Crippen LogP contribution in [0.2, 0.25) is 0 Å². The lowest BCUT2D eigenvalue weighted by Crippen LogP contribution is -2.63. The van der Waals surface area contributed by atoms with Crippen LogP contribution in [-0.2, 0) is 4.74 Å². The molecule has 0 N–H and O–H groups in total. The normalized spacial score (nSPS) is 32.1. The van der Waals surface area contributed by atoms with Gasteiger partial charge in [-0.15, -0.1) is 0 Å². The summed E-state index contributed by atoms with van der Waals surface area (Å²) in [5.74, 6) is 2.67. The molecule has 4 saturated heterocycles. The Balaban J connectivity index is 1.43. The fourth-order valence-electron chi connectivity index (χ4n) is 5.49. The molecule has 5 nitrogen and oxygen atoms in total. The predicted octanol–water partition coefficient (Wildman–Crippen LogP) is 3.23. The number of allylic oxidation sites excluding steroid dienone is 2. The monoisotopic (exact) mass is 395 g/mol. The Hall–Kier alpha value is -1.98. The quantitative estimate of drug-likeness (QED) is 0.781. The highest BCUT2D eigenvalue weighted by molar-refractivity contribution is 5.31. The minimum Gasteiger partial charge on any atom is -0.441 e. The van der Waals surface area contributed by atoms with E-state index in [9.17, 15) is 0 Å². The number of rotatable bonds is 4. The average Bonchev–Trinajstić information content (AvgIpc) is 2.77. The molecular weight excluding hydrogens is 362 g/mol. The van der Waals surface area contributed by atoms with E-state index in [1.165, 1.54) is 37.2 Å². The van der Waals surface area contributed by atoms with Crippen LogP contribution in [0, 0.1) is 12.8 Å². The van der Waals surface area contributed by atoms with Crippen molar-refractivity contribution in [2.45, 2.75) is 38.8 Å². The van der Waals surface area contributed by atoms with Gasteiger partial charge in [0.15, 0.2) is 5.88 Å². The van der Waals surface area contributed by atoms with Gasteiger partial charge in [0.2, 0.25) is 0 Å². The Morgan fingerprint density at radius 3 is 2.38 bits per heavy atom. The van der Waals surface area contributed by atoms with Crippen LogP contribution >= 0.6 is 0 Å². The van der Waals surface area contributed by atoms with E-state index in [0.29, 0.717) is 12.1 Å². The molecule has 1 aromatic carbocycles. The smallest absolute Gasteiger partial charge is 0.196 e. The van der Waals surface area contributed by atoms with Crippen LogP contribution in [0.1, 0.15) is 25.3 Å². The van der Waals surface area contributed by atoms with Gasteiger partial charge in [0.1, 0.15) is 5.75 Å². The number of nitrogens with zero attached hydrogens (tertiary/aromatic N) is 3. The van der Waals surface area contributed by atoms with Crippen molar-refractivity contribution in [2.75, 3.05) is 45.9 Å². The lowest BCUT2D eigenvalue weighted by atomic mass is 9.78. The summed E-state index contributed by atoms with van der Waals surface area (Å²) in [5.41, 5.74) is 2.65. The average molecular weight is 396 g/mol. The minimum absolute atomic E-state index is 0.513. The molecule has 2 atom stereocenters. The van der Waals surface area contributed by atoms with Crippen molar-refractivity contribution >= 4 is 0 Å². The van der Waals surface area contributed by atoms with Gasteiger partial charge >= 0.3 is 0 Å². The zero-order chi connectivity index (χ0) is 19.8. The predicted molar refractivity (Wildman–Crippen MR) is 115 cm³/mol. The third-order valence-corrected chi connectivity index (χ3v) is 7.18. The molecule has 0 saturated carbocycles. The largest absolute Gasteiger partial charge is 0.441 e. The number of hydrogen-bond acceptors (Lipinski definition) is 5. The highest BCUT2D eigenvalue weighted by Crippen LogP contribution is 2.38. The summed E-state index contributed by atoms with van der Waals surface area (Å²) < 4.78 is 12.0. The summed E-state index contributed by atoms with van der Waals surface area (Å²) in [4.78, 5) is 7.72. The molecule has 4 fully saturated rings.